The summed E-state index contributed by atoms with van der Waals surface area (Å²) in [7, 11) is 7.01. The predicted molar refractivity (Wildman–Crippen MR) is 176 cm³/mol. The molecule has 0 bridgehead atoms. The molecule has 284 valence electrons. The molecule has 0 unspecified atom stereocenters. The van der Waals surface area contributed by atoms with Crippen molar-refractivity contribution in [1.82, 2.24) is 19.6 Å². The zero-order valence-corrected chi connectivity index (χ0v) is 31.1. The van der Waals surface area contributed by atoms with Crippen LogP contribution in [-0.2, 0) is 33.3 Å². The number of Topliss-reactive ketones (excluding diaryl/α,β-unsaturated/α-hetero) is 1. The Labute approximate surface area is 289 Å². The maximum Gasteiger partial charge on any atom is 0.401 e. The molecule has 3 heterocycles. The summed E-state index contributed by atoms with van der Waals surface area (Å²) in [4.78, 5) is 48.6. The maximum absolute atomic E-state index is 14.3. The molecule has 15 heteroatoms. The Balaban J connectivity index is 1.96. The van der Waals surface area contributed by atoms with Crippen molar-refractivity contribution in [2.75, 3.05) is 67.5 Å². The summed E-state index contributed by atoms with van der Waals surface area (Å²) in [5.41, 5.74) is -2.77. The van der Waals surface area contributed by atoms with Crippen LogP contribution in [0.5, 0.6) is 0 Å². The second-order valence-corrected chi connectivity index (χ2v) is 15.4. The molecule has 0 aliphatic carbocycles. The Morgan fingerprint density at radius 3 is 2.18 bits per heavy atom. The molecule has 10 atom stereocenters. The third kappa shape index (κ3) is 9.92. The van der Waals surface area contributed by atoms with Crippen LogP contribution in [0.25, 0.3) is 0 Å². The number of hydrogen-bond acceptors (Lipinski definition) is 11. The van der Waals surface area contributed by atoms with Crippen molar-refractivity contribution in [3.8, 4) is 0 Å². The fraction of sp³-hybridized carbons (Fsp3) is 0.912. The van der Waals surface area contributed by atoms with Gasteiger partial charge in [-0.25, -0.2) is 0 Å². The zero-order valence-electron chi connectivity index (χ0n) is 31.1. The second-order valence-electron chi connectivity index (χ2n) is 15.4. The molecule has 3 aliphatic rings. The third-order valence-corrected chi connectivity index (χ3v) is 10.5. The van der Waals surface area contributed by atoms with Gasteiger partial charge in [0.1, 0.15) is 23.7 Å². The molecule has 3 aliphatic heterocycles. The first-order valence-electron chi connectivity index (χ1n) is 17.3. The standard InChI is InChI=1S/C34H59F3N4O8/c1-20-17-33(7,46-11)28(49-30-26(42)24(38(8)9)16-21(2)47-30)22(3)27(43)32(5,6)31(45)48-23(4)25(39(10)18-20)29(44)41-14-12-40(13-15-41)19-34(35,36)37/h20-26,28,30,42H,12-19H2,1-11H3/t20-,21-,22+,23+,24+,25-,26-,28-,30+,33-/m1/s1. The number of cyclic esters (lactones) is 1. The van der Waals surface area contributed by atoms with Crippen molar-refractivity contribution in [2.45, 2.75) is 116 Å². The van der Waals surface area contributed by atoms with Crippen LogP contribution in [0.4, 0.5) is 13.2 Å². The number of aliphatic hydroxyl groups excluding tert-OH is 1. The summed E-state index contributed by atoms with van der Waals surface area (Å²) in [5, 5.41) is 11.3. The van der Waals surface area contributed by atoms with E-state index in [4.69, 9.17) is 18.9 Å². The van der Waals surface area contributed by atoms with E-state index in [1.165, 1.54) is 30.8 Å². The van der Waals surface area contributed by atoms with Crippen molar-refractivity contribution in [3.63, 3.8) is 0 Å². The van der Waals surface area contributed by atoms with Crippen LogP contribution in [0.1, 0.15) is 61.3 Å². The summed E-state index contributed by atoms with van der Waals surface area (Å²) in [6.45, 7) is 11.5. The Hall–Kier alpha value is -1.88. The number of alkyl halides is 3. The van der Waals surface area contributed by atoms with Gasteiger partial charge in [0.2, 0.25) is 5.91 Å². The van der Waals surface area contributed by atoms with E-state index in [2.05, 4.69) is 0 Å². The van der Waals surface area contributed by atoms with E-state index < -0.39 is 72.1 Å². The van der Waals surface area contributed by atoms with Crippen LogP contribution in [-0.4, -0.2) is 164 Å². The lowest BCUT2D eigenvalue weighted by atomic mass is 9.74. The van der Waals surface area contributed by atoms with Crippen molar-refractivity contribution in [3.05, 3.63) is 0 Å². The van der Waals surface area contributed by atoms with Gasteiger partial charge in [0, 0.05) is 51.8 Å². The summed E-state index contributed by atoms with van der Waals surface area (Å²) in [5.74, 6) is -2.71. The fourth-order valence-electron chi connectivity index (χ4n) is 7.77. The average molecular weight is 709 g/mol. The number of nitrogens with zero attached hydrogens (tertiary/aromatic N) is 4. The van der Waals surface area contributed by atoms with E-state index in [0.717, 1.165) is 0 Å². The highest BCUT2D eigenvalue weighted by molar-refractivity contribution is 6.04. The number of halogens is 3. The Morgan fingerprint density at radius 2 is 1.65 bits per heavy atom. The van der Waals surface area contributed by atoms with Crippen LogP contribution in [0.15, 0.2) is 0 Å². The molecule has 3 fully saturated rings. The molecule has 49 heavy (non-hydrogen) atoms. The average Bonchev–Trinajstić information content (AvgIpc) is 2.99. The first kappa shape index (κ1) is 41.5. The quantitative estimate of drug-likeness (QED) is 0.324. The number of methoxy groups -OCH3 is 1. The van der Waals surface area contributed by atoms with Gasteiger partial charge in [-0.1, -0.05) is 13.8 Å². The Kier molecular flexibility index (Phi) is 13.7. The summed E-state index contributed by atoms with van der Waals surface area (Å²) in [6.07, 6.45) is -7.67. The van der Waals surface area contributed by atoms with Crippen LogP contribution < -0.4 is 0 Å². The highest BCUT2D eigenvalue weighted by Crippen LogP contribution is 2.38. The molecule has 0 aromatic heterocycles. The molecule has 0 radical (unpaired) electrons. The van der Waals surface area contributed by atoms with Gasteiger partial charge in [0.25, 0.3) is 0 Å². The molecular weight excluding hydrogens is 649 g/mol. The van der Waals surface area contributed by atoms with Gasteiger partial charge in [0.15, 0.2) is 12.1 Å². The van der Waals surface area contributed by atoms with Crippen molar-refractivity contribution >= 4 is 17.7 Å². The second kappa shape index (κ2) is 16.2. The SMILES string of the molecule is CO[C@]1(C)C[C@@H](C)CN(C)[C@@H](C(=O)N2CCN(CC(F)(F)F)CC2)[C@H](C)OC(=O)C(C)(C)C(=O)[C@H](C)[C@H]1O[C@@H]1O[C@H](C)C[C@H](N(C)C)[C@H]1O. The van der Waals surface area contributed by atoms with E-state index >= 15 is 0 Å². The molecular formula is C34H59F3N4O8. The number of esters is 1. The monoisotopic (exact) mass is 708 g/mol. The van der Waals surface area contributed by atoms with Crippen LogP contribution in [0.2, 0.25) is 0 Å². The lowest BCUT2D eigenvalue weighted by molar-refractivity contribution is -0.295. The summed E-state index contributed by atoms with van der Waals surface area (Å²) in [6, 6.07) is -1.22. The first-order valence-corrected chi connectivity index (χ1v) is 17.3. The van der Waals surface area contributed by atoms with E-state index in [0.29, 0.717) is 19.4 Å². The number of ether oxygens (including phenoxy) is 4. The number of piperazine rings is 1. The Bertz CT molecular complexity index is 1150. The van der Waals surface area contributed by atoms with Gasteiger partial charge in [-0.2, -0.15) is 13.2 Å². The van der Waals surface area contributed by atoms with Crippen molar-refractivity contribution in [2.24, 2.45) is 17.3 Å². The number of carbonyl (C=O) groups is 3. The van der Waals surface area contributed by atoms with Gasteiger partial charge in [0.05, 0.1) is 24.4 Å². The zero-order chi connectivity index (χ0) is 37.2. The number of rotatable bonds is 6. The molecule has 12 nitrogen and oxygen atoms in total. The number of ketones is 1. The number of carbonyl (C=O) groups excluding carboxylic acids is 3. The molecule has 0 spiro atoms. The predicted octanol–water partition coefficient (Wildman–Crippen LogP) is 2.41. The number of likely N-dealkylation sites (N-methyl/N-ethyl adjacent to an activating group) is 2. The first-order chi connectivity index (χ1) is 22.5. The smallest absolute Gasteiger partial charge is 0.401 e. The van der Waals surface area contributed by atoms with Crippen LogP contribution in [0, 0.1) is 17.3 Å². The summed E-state index contributed by atoms with van der Waals surface area (Å²) < 4.78 is 63.7. The topological polar surface area (TPSA) is 121 Å². The largest absolute Gasteiger partial charge is 0.460 e. The molecule has 1 amide bonds. The molecule has 0 saturated carbocycles. The van der Waals surface area contributed by atoms with Crippen molar-refractivity contribution in [1.29, 1.82) is 0 Å². The van der Waals surface area contributed by atoms with Crippen molar-refractivity contribution < 1.29 is 51.6 Å². The number of amides is 1. The highest BCUT2D eigenvalue weighted by atomic mass is 19.4. The van der Waals surface area contributed by atoms with Gasteiger partial charge < -0.3 is 33.9 Å². The normalized spacial score (nSPS) is 38.0. The summed E-state index contributed by atoms with van der Waals surface area (Å²) >= 11 is 0. The third-order valence-electron chi connectivity index (χ3n) is 10.5. The molecule has 1 N–H and O–H groups in total. The molecule has 3 rings (SSSR count). The highest BCUT2D eigenvalue weighted by Gasteiger charge is 2.52. The van der Waals surface area contributed by atoms with E-state index in [9.17, 15) is 32.7 Å². The van der Waals surface area contributed by atoms with Gasteiger partial charge in [-0.05, 0) is 74.5 Å². The molecule has 3 saturated heterocycles. The lowest BCUT2D eigenvalue weighted by Gasteiger charge is -2.47. The van der Waals surface area contributed by atoms with Gasteiger partial charge in [-0.15, -0.1) is 0 Å². The maximum atomic E-state index is 14.3. The number of aliphatic hydroxyl groups is 1. The molecule has 0 aromatic rings. The van der Waals surface area contributed by atoms with E-state index in [1.54, 1.807) is 25.8 Å². The fourth-order valence-corrected chi connectivity index (χ4v) is 7.77. The van der Waals surface area contributed by atoms with Gasteiger partial charge >= 0.3 is 12.1 Å². The minimum absolute atomic E-state index is 0.0622. The lowest BCUT2D eigenvalue weighted by Crippen LogP contribution is -2.59. The van der Waals surface area contributed by atoms with Crippen LogP contribution >= 0.6 is 0 Å². The Morgan fingerprint density at radius 1 is 1.06 bits per heavy atom. The minimum Gasteiger partial charge on any atom is -0.460 e. The molecule has 0 aromatic carbocycles. The minimum atomic E-state index is -4.34. The van der Waals surface area contributed by atoms with E-state index in [-0.39, 0.29) is 50.1 Å². The number of hydrogen-bond donors (Lipinski definition) is 1. The van der Waals surface area contributed by atoms with E-state index in [1.807, 2.05) is 39.8 Å². The van der Waals surface area contributed by atoms with Gasteiger partial charge in [-0.3, -0.25) is 24.2 Å². The van der Waals surface area contributed by atoms with Crippen LogP contribution in [0.3, 0.4) is 0 Å².